The summed E-state index contributed by atoms with van der Waals surface area (Å²) in [5.74, 6) is -0.185. The van der Waals surface area contributed by atoms with Gasteiger partial charge in [-0.15, -0.1) is 0 Å². The van der Waals surface area contributed by atoms with Crippen LogP contribution >= 0.6 is 11.6 Å². The Balaban J connectivity index is 2.00. The number of hydrogen-bond donors (Lipinski definition) is 2. The first-order chi connectivity index (χ1) is 12.0. The van der Waals surface area contributed by atoms with Crippen LogP contribution in [0.15, 0.2) is 54.6 Å². The highest BCUT2D eigenvalue weighted by molar-refractivity contribution is 6.30. The van der Waals surface area contributed by atoms with Crippen molar-refractivity contribution in [1.29, 1.82) is 0 Å². The van der Waals surface area contributed by atoms with Gasteiger partial charge in [-0.05, 0) is 42.2 Å². The molecule has 2 aromatic rings. The smallest absolute Gasteiger partial charge is 0.251 e. The summed E-state index contributed by atoms with van der Waals surface area (Å²) in [5.41, 5.74) is 1.50. The standard InChI is InChI=1S/C20H23ClN2O2/c1-14(2)12-18(20(25)22-13-15-6-4-3-5-7-15)23-19(24)16-8-10-17(21)11-9-16/h3-11,14,18H,12-13H2,1-2H3,(H,22,25)(H,23,24)/t18-/m0/s1. The molecule has 0 aliphatic carbocycles. The van der Waals surface area contributed by atoms with Gasteiger partial charge in [-0.25, -0.2) is 0 Å². The van der Waals surface area contributed by atoms with Crippen LogP contribution in [0.25, 0.3) is 0 Å². The first kappa shape index (κ1) is 19.0. The Bertz CT molecular complexity index is 699. The van der Waals surface area contributed by atoms with E-state index in [9.17, 15) is 9.59 Å². The second-order valence-corrected chi connectivity index (χ2v) is 6.80. The maximum absolute atomic E-state index is 12.5. The van der Waals surface area contributed by atoms with Crippen LogP contribution < -0.4 is 10.6 Å². The maximum Gasteiger partial charge on any atom is 0.251 e. The Morgan fingerprint density at radius 3 is 2.24 bits per heavy atom. The Labute approximate surface area is 153 Å². The van der Waals surface area contributed by atoms with E-state index in [1.54, 1.807) is 24.3 Å². The Kier molecular flexibility index (Phi) is 7.02. The van der Waals surface area contributed by atoms with Crippen molar-refractivity contribution in [3.05, 3.63) is 70.7 Å². The molecule has 2 aromatic carbocycles. The highest BCUT2D eigenvalue weighted by Gasteiger charge is 2.22. The number of benzene rings is 2. The van der Waals surface area contributed by atoms with Gasteiger partial charge in [0, 0.05) is 17.1 Å². The average Bonchev–Trinajstić information content (AvgIpc) is 2.60. The topological polar surface area (TPSA) is 58.2 Å². The molecule has 132 valence electrons. The predicted molar refractivity (Wildman–Crippen MR) is 100 cm³/mol. The minimum Gasteiger partial charge on any atom is -0.350 e. The highest BCUT2D eigenvalue weighted by Crippen LogP contribution is 2.11. The summed E-state index contributed by atoms with van der Waals surface area (Å²) in [5, 5.41) is 6.29. The van der Waals surface area contributed by atoms with Crippen molar-refractivity contribution in [2.24, 2.45) is 5.92 Å². The summed E-state index contributed by atoms with van der Waals surface area (Å²) in [6.07, 6.45) is 0.569. The van der Waals surface area contributed by atoms with E-state index in [4.69, 9.17) is 11.6 Å². The van der Waals surface area contributed by atoms with E-state index in [2.05, 4.69) is 10.6 Å². The molecule has 0 aliphatic rings. The summed E-state index contributed by atoms with van der Waals surface area (Å²) < 4.78 is 0. The third-order valence-corrected chi connectivity index (χ3v) is 4.00. The Morgan fingerprint density at radius 1 is 1.00 bits per heavy atom. The molecule has 1 atom stereocenters. The fourth-order valence-electron chi connectivity index (χ4n) is 2.45. The molecule has 0 radical (unpaired) electrons. The first-order valence-electron chi connectivity index (χ1n) is 8.33. The van der Waals surface area contributed by atoms with Crippen molar-refractivity contribution < 1.29 is 9.59 Å². The largest absolute Gasteiger partial charge is 0.350 e. The summed E-state index contributed by atoms with van der Waals surface area (Å²) in [6.45, 7) is 4.48. The molecule has 2 N–H and O–H groups in total. The lowest BCUT2D eigenvalue weighted by Crippen LogP contribution is -2.47. The number of nitrogens with one attached hydrogen (secondary N) is 2. The molecule has 0 aromatic heterocycles. The zero-order valence-electron chi connectivity index (χ0n) is 14.5. The minimum absolute atomic E-state index is 0.181. The van der Waals surface area contributed by atoms with Crippen LogP contribution in [0.3, 0.4) is 0 Å². The quantitative estimate of drug-likeness (QED) is 0.790. The van der Waals surface area contributed by atoms with Crippen molar-refractivity contribution in [1.82, 2.24) is 10.6 Å². The fourth-order valence-corrected chi connectivity index (χ4v) is 2.58. The van der Waals surface area contributed by atoms with Gasteiger partial charge in [0.25, 0.3) is 5.91 Å². The van der Waals surface area contributed by atoms with E-state index in [0.29, 0.717) is 23.6 Å². The molecule has 25 heavy (non-hydrogen) atoms. The summed E-state index contributed by atoms with van der Waals surface area (Å²) >= 11 is 5.85. The van der Waals surface area contributed by atoms with Crippen molar-refractivity contribution in [3.63, 3.8) is 0 Å². The molecular formula is C20H23ClN2O2. The van der Waals surface area contributed by atoms with E-state index >= 15 is 0 Å². The predicted octanol–water partition coefficient (Wildman–Crippen LogP) is 3.80. The normalized spacial score (nSPS) is 11.8. The minimum atomic E-state index is -0.577. The van der Waals surface area contributed by atoms with Gasteiger partial charge in [-0.1, -0.05) is 55.8 Å². The van der Waals surface area contributed by atoms with Gasteiger partial charge < -0.3 is 10.6 Å². The van der Waals surface area contributed by atoms with Crippen molar-refractivity contribution in [2.45, 2.75) is 32.9 Å². The van der Waals surface area contributed by atoms with Crippen molar-refractivity contribution in [2.75, 3.05) is 0 Å². The fraction of sp³-hybridized carbons (Fsp3) is 0.300. The van der Waals surface area contributed by atoms with Crippen LogP contribution in [-0.4, -0.2) is 17.9 Å². The molecule has 0 fully saturated rings. The van der Waals surface area contributed by atoms with Gasteiger partial charge in [-0.3, -0.25) is 9.59 Å². The highest BCUT2D eigenvalue weighted by atomic mass is 35.5. The number of carbonyl (C=O) groups is 2. The monoisotopic (exact) mass is 358 g/mol. The summed E-state index contributed by atoms with van der Waals surface area (Å²) in [7, 11) is 0. The van der Waals surface area contributed by atoms with Gasteiger partial charge in [-0.2, -0.15) is 0 Å². The molecule has 0 aliphatic heterocycles. The molecule has 2 rings (SSSR count). The summed E-state index contributed by atoms with van der Waals surface area (Å²) in [6, 6.07) is 15.7. The number of hydrogen-bond acceptors (Lipinski definition) is 2. The molecule has 0 unspecified atom stereocenters. The van der Waals surface area contributed by atoms with Crippen LogP contribution in [0.2, 0.25) is 5.02 Å². The molecule has 0 saturated carbocycles. The van der Waals surface area contributed by atoms with Gasteiger partial charge in [0.1, 0.15) is 6.04 Å². The van der Waals surface area contributed by atoms with E-state index < -0.39 is 6.04 Å². The molecule has 0 heterocycles. The van der Waals surface area contributed by atoms with Crippen LogP contribution in [0.5, 0.6) is 0 Å². The van der Waals surface area contributed by atoms with Crippen molar-refractivity contribution in [3.8, 4) is 0 Å². The molecule has 0 spiro atoms. The number of carbonyl (C=O) groups excluding carboxylic acids is 2. The number of halogens is 1. The third kappa shape index (κ3) is 6.24. The number of amides is 2. The Morgan fingerprint density at radius 2 is 1.64 bits per heavy atom. The zero-order chi connectivity index (χ0) is 18.2. The molecule has 4 nitrogen and oxygen atoms in total. The summed E-state index contributed by atoms with van der Waals surface area (Å²) in [4.78, 5) is 24.9. The number of rotatable bonds is 7. The molecular weight excluding hydrogens is 336 g/mol. The lowest BCUT2D eigenvalue weighted by molar-refractivity contribution is -0.123. The molecule has 0 saturated heterocycles. The second-order valence-electron chi connectivity index (χ2n) is 6.37. The van der Waals surface area contributed by atoms with Gasteiger partial charge in [0.05, 0.1) is 0 Å². The molecule has 0 bridgehead atoms. The second kappa shape index (κ2) is 9.23. The van der Waals surface area contributed by atoms with Gasteiger partial charge in [0.2, 0.25) is 5.91 Å². The maximum atomic E-state index is 12.5. The van der Waals surface area contributed by atoms with Crippen molar-refractivity contribution >= 4 is 23.4 Å². The van der Waals surface area contributed by atoms with Gasteiger partial charge in [0.15, 0.2) is 0 Å². The first-order valence-corrected chi connectivity index (χ1v) is 8.71. The van der Waals surface area contributed by atoms with E-state index in [1.807, 2.05) is 44.2 Å². The van der Waals surface area contributed by atoms with E-state index in [-0.39, 0.29) is 17.7 Å². The van der Waals surface area contributed by atoms with E-state index in [1.165, 1.54) is 0 Å². The Hall–Kier alpha value is -2.33. The van der Waals surface area contributed by atoms with Crippen LogP contribution in [-0.2, 0) is 11.3 Å². The van der Waals surface area contributed by atoms with Crippen LogP contribution in [0.1, 0.15) is 36.2 Å². The average molecular weight is 359 g/mol. The van der Waals surface area contributed by atoms with Crippen LogP contribution in [0, 0.1) is 5.92 Å². The zero-order valence-corrected chi connectivity index (χ0v) is 15.2. The lowest BCUT2D eigenvalue weighted by Gasteiger charge is -2.20. The van der Waals surface area contributed by atoms with Gasteiger partial charge >= 0.3 is 0 Å². The van der Waals surface area contributed by atoms with E-state index in [0.717, 1.165) is 5.56 Å². The van der Waals surface area contributed by atoms with Crippen LogP contribution in [0.4, 0.5) is 0 Å². The third-order valence-electron chi connectivity index (χ3n) is 3.74. The lowest BCUT2D eigenvalue weighted by atomic mass is 10.0. The molecule has 5 heteroatoms. The molecule has 2 amide bonds. The SMILES string of the molecule is CC(C)C[C@H](NC(=O)c1ccc(Cl)cc1)C(=O)NCc1ccccc1.